The molecule has 0 radical (unpaired) electrons. The summed E-state index contributed by atoms with van der Waals surface area (Å²) >= 11 is 0. The van der Waals surface area contributed by atoms with E-state index < -0.39 is 49.5 Å². The number of aliphatic hydroxyl groups is 5. The van der Waals surface area contributed by atoms with Gasteiger partial charge in [-0.2, -0.15) is 0 Å². The molecule has 1 aliphatic rings. The minimum Gasteiger partial charge on any atom is -0.394 e. The summed E-state index contributed by atoms with van der Waals surface area (Å²) in [5, 5.41) is 54.0. The average molecular weight is 766 g/mol. The van der Waals surface area contributed by atoms with E-state index in [-0.39, 0.29) is 12.5 Å². The Morgan fingerprint density at radius 2 is 1.06 bits per heavy atom. The highest BCUT2D eigenvalue weighted by Gasteiger charge is 2.44. The molecule has 0 aromatic carbocycles. The zero-order chi connectivity index (χ0) is 39.5. The number of hydrogen-bond donors (Lipinski definition) is 6. The molecule has 0 bridgehead atoms. The zero-order valence-corrected chi connectivity index (χ0v) is 34.5. The normalized spacial score (nSPS) is 21.8. The third-order valence-electron chi connectivity index (χ3n) is 10.4. The standard InChI is InChI=1S/C45H83NO8/c1-3-5-7-9-11-13-14-15-16-17-18-19-20-21-22-23-24-25-27-28-30-32-34-39(48)38(37-53-45-44(52)43(51)42(50)40(36-47)54-45)46-41(49)35-33-31-29-26-12-10-8-6-4-2/h21-22,25,27,32,34,38-40,42-45,47-48,50-52H,3-20,23-24,26,28-31,33,35-37H2,1-2H3,(H,46,49)/b22-21+,27-25+,34-32+. The van der Waals surface area contributed by atoms with Crippen LogP contribution in [0, 0.1) is 0 Å². The molecule has 6 N–H and O–H groups in total. The van der Waals surface area contributed by atoms with Gasteiger partial charge >= 0.3 is 0 Å². The molecule has 1 rings (SSSR count). The van der Waals surface area contributed by atoms with Crippen molar-refractivity contribution in [3.8, 4) is 0 Å². The largest absolute Gasteiger partial charge is 0.394 e. The van der Waals surface area contributed by atoms with E-state index in [4.69, 9.17) is 9.47 Å². The molecular formula is C45H83NO8. The Kier molecular flexibility index (Phi) is 33.4. The molecule has 1 fully saturated rings. The van der Waals surface area contributed by atoms with Gasteiger partial charge in [-0.1, -0.05) is 172 Å². The molecule has 1 saturated heterocycles. The lowest BCUT2D eigenvalue weighted by Crippen LogP contribution is -2.60. The van der Waals surface area contributed by atoms with Crippen LogP contribution in [-0.2, 0) is 14.3 Å². The number of nitrogens with one attached hydrogen (secondary N) is 1. The van der Waals surface area contributed by atoms with E-state index in [1.54, 1.807) is 6.08 Å². The maximum Gasteiger partial charge on any atom is 0.220 e. The fourth-order valence-electron chi connectivity index (χ4n) is 6.83. The van der Waals surface area contributed by atoms with E-state index in [9.17, 15) is 30.3 Å². The monoisotopic (exact) mass is 766 g/mol. The van der Waals surface area contributed by atoms with Gasteiger partial charge in [0.15, 0.2) is 6.29 Å². The Labute approximate surface area is 330 Å². The first-order chi connectivity index (χ1) is 26.3. The summed E-state index contributed by atoms with van der Waals surface area (Å²) in [6, 6.07) is -0.822. The maximum absolute atomic E-state index is 12.8. The molecule has 0 aromatic heterocycles. The first kappa shape index (κ1) is 50.4. The highest BCUT2D eigenvalue weighted by Crippen LogP contribution is 2.22. The van der Waals surface area contributed by atoms with Crippen LogP contribution in [0.3, 0.4) is 0 Å². The smallest absolute Gasteiger partial charge is 0.220 e. The van der Waals surface area contributed by atoms with Crippen LogP contribution in [0.5, 0.6) is 0 Å². The minimum atomic E-state index is -1.57. The highest BCUT2D eigenvalue weighted by atomic mass is 16.7. The second kappa shape index (κ2) is 35.8. The van der Waals surface area contributed by atoms with Crippen LogP contribution in [0.4, 0.5) is 0 Å². The quantitative estimate of drug-likeness (QED) is 0.0274. The van der Waals surface area contributed by atoms with Crippen molar-refractivity contribution in [2.75, 3.05) is 13.2 Å². The zero-order valence-electron chi connectivity index (χ0n) is 34.5. The predicted molar refractivity (Wildman–Crippen MR) is 221 cm³/mol. The SMILES string of the molecule is CCCCCCCCCCCCCC/C=C/CC/C=C/CC/C=C/C(O)C(COC1OC(CO)C(O)C(O)C1O)NC(=O)CCCCCCCCCCC. The van der Waals surface area contributed by atoms with Crippen LogP contribution in [0.25, 0.3) is 0 Å². The summed E-state index contributed by atoms with van der Waals surface area (Å²) in [5.41, 5.74) is 0. The van der Waals surface area contributed by atoms with E-state index in [1.165, 1.54) is 122 Å². The number of carbonyl (C=O) groups is 1. The van der Waals surface area contributed by atoms with Crippen molar-refractivity contribution in [1.82, 2.24) is 5.32 Å². The molecule has 0 saturated carbocycles. The Morgan fingerprint density at radius 3 is 1.56 bits per heavy atom. The lowest BCUT2D eigenvalue weighted by molar-refractivity contribution is -0.302. The Hall–Kier alpha value is -1.59. The number of carbonyl (C=O) groups excluding carboxylic acids is 1. The number of hydrogen-bond acceptors (Lipinski definition) is 8. The van der Waals surface area contributed by atoms with Crippen molar-refractivity contribution in [2.45, 2.75) is 230 Å². The average Bonchev–Trinajstić information content (AvgIpc) is 3.17. The van der Waals surface area contributed by atoms with Gasteiger partial charge in [-0.05, 0) is 44.9 Å². The molecule has 0 aliphatic carbocycles. The van der Waals surface area contributed by atoms with E-state index >= 15 is 0 Å². The van der Waals surface area contributed by atoms with E-state index in [0.29, 0.717) is 6.42 Å². The summed E-state index contributed by atoms with van der Waals surface area (Å²) in [5.74, 6) is -0.195. The van der Waals surface area contributed by atoms with Crippen LogP contribution in [0.2, 0.25) is 0 Å². The van der Waals surface area contributed by atoms with Crippen molar-refractivity contribution in [2.24, 2.45) is 0 Å². The molecule has 7 atom stereocenters. The van der Waals surface area contributed by atoms with Gasteiger partial charge in [-0.3, -0.25) is 4.79 Å². The molecule has 0 spiro atoms. The number of ether oxygens (including phenoxy) is 2. The summed E-state index contributed by atoms with van der Waals surface area (Å²) in [6.07, 6.45) is 36.3. The van der Waals surface area contributed by atoms with Crippen molar-refractivity contribution < 1.29 is 39.8 Å². The Balaban J connectivity index is 2.36. The topological polar surface area (TPSA) is 149 Å². The van der Waals surface area contributed by atoms with Crippen LogP contribution in [-0.4, -0.2) is 87.5 Å². The van der Waals surface area contributed by atoms with Gasteiger partial charge in [-0.25, -0.2) is 0 Å². The summed E-state index contributed by atoms with van der Waals surface area (Å²) in [7, 11) is 0. The minimum absolute atomic E-state index is 0.195. The van der Waals surface area contributed by atoms with E-state index in [1.807, 2.05) is 6.08 Å². The van der Waals surface area contributed by atoms with E-state index in [2.05, 4.69) is 43.5 Å². The number of rotatable bonds is 36. The molecular weight excluding hydrogens is 682 g/mol. The van der Waals surface area contributed by atoms with Crippen LogP contribution in [0.1, 0.15) is 187 Å². The molecule has 316 valence electrons. The summed E-state index contributed by atoms with van der Waals surface area (Å²) in [4.78, 5) is 12.8. The maximum atomic E-state index is 12.8. The molecule has 1 heterocycles. The lowest BCUT2D eigenvalue weighted by Gasteiger charge is -2.40. The van der Waals surface area contributed by atoms with Crippen molar-refractivity contribution in [1.29, 1.82) is 0 Å². The molecule has 54 heavy (non-hydrogen) atoms. The fraction of sp³-hybridized carbons (Fsp3) is 0.844. The van der Waals surface area contributed by atoms with E-state index in [0.717, 1.165) is 44.9 Å². The fourth-order valence-corrected chi connectivity index (χ4v) is 6.83. The number of unbranched alkanes of at least 4 members (excludes halogenated alkanes) is 22. The molecule has 9 nitrogen and oxygen atoms in total. The van der Waals surface area contributed by atoms with Crippen molar-refractivity contribution in [3.05, 3.63) is 36.5 Å². The van der Waals surface area contributed by atoms with Gasteiger partial charge in [0.1, 0.15) is 24.4 Å². The van der Waals surface area contributed by atoms with Gasteiger partial charge in [0.25, 0.3) is 0 Å². The molecule has 0 aromatic rings. The highest BCUT2D eigenvalue weighted by molar-refractivity contribution is 5.76. The van der Waals surface area contributed by atoms with Crippen molar-refractivity contribution in [3.63, 3.8) is 0 Å². The van der Waals surface area contributed by atoms with Gasteiger partial charge in [-0.15, -0.1) is 0 Å². The van der Waals surface area contributed by atoms with Crippen LogP contribution in [0.15, 0.2) is 36.5 Å². The molecule has 7 unspecified atom stereocenters. The van der Waals surface area contributed by atoms with Crippen LogP contribution >= 0.6 is 0 Å². The summed E-state index contributed by atoms with van der Waals surface area (Å²) < 4.78 is 11.2. The second-order valence-corrected chi connectivity index (χ2v) is 15.5. The predicted octanol–water partition coefficient (Wildman–Crippen LogP) is 8.89. The molecule has 1 aliphatic heterocycles. The van der Waals surface area contributed by atoms with Gasteiger partial charge in [0.2, 0.25) is 5.91 Å². The first-order valence-corrected chi connectivity index (χ1v) is 22.2. The third kappa shape index (κ3) is 26.3. The van der Waals surface area contributed by atoms with Crippen molar-refractivity contribution >= 4 is 5.91 Å². The van der Waals surface area contributed by atoms with Crippen LogP contribution < -0.4 is 5.32 Å². The number of amides is 1. The van der Waals surface area contributed by atoms with Gasteiger partial charge in [0, 0.05) is 6.42 Å². The molecule has 9 heteroatoms. The molecule has 1 amide bonds. The number of allylic oxidation sites excluding steroid dienone is 5. The van der Waals surface area contributed by atoms with Gasteiger partial charge in [0.05, 0.1) is 25.4 Å². The number of aliphatic hydroxyl groups excluding tert-OH is 5. The summed E-state index contributed by atoms with van der Waals surface area (Å²) in [6.45, 7) is 3.71. The Morgan fingerprint density at radius 1 is 0.611 bits per heavy atom. The van der Waals surface area contributed by atoms with Gasteiger partial charge < -0.3 is 40.3 Å². The first-order valence-electron chi connectivity index (χ1n) is 22.2. The third-order valence-corrected chi connectivity index (χ3v) is 10.4. The second-order valence-electron chi connectivity index (χ2n) is 15.5. The lowest BCUT2D eigenvalue weighted by atomic mass is 9.99. The Bertz CT molecular complexity index is 941.